The van der Waals surface area contributed by atoms with Gasteiger partial charge in [-0.3, -0.25) is 0 Å². The zero-order chi connectivity index (χ0) is 12.5. The van der Waals surface area contributed by atoms with Crippen LogP contribution in [0.3, 0.4) is 0 Å². The van der Waals surface area contributed by atoms with Crippen LogP contribution in [0.25, 0.3) is 0 Å². The second-order valence-corrected chi connectivity index (χ2v) is 6.06. The second kappa shape index (κ2) is 4.87. The summed E-state index contributed by atoms with van der Waals surface area (Å²) in [5.74, 6) is 0. The van der Waals surface area contributed by atoms with Crippen molar-refractivity contribution in [3.63, 3.8) is 0 Å². The van der Waals surface area contributed by atoms with Crippen molar-refractivity contribution in [1.29, 1.82) is 0 Å². The molecule has 0 unspecified atom stereocenters. The minimum atomic E-state index is 0.478. The van der Waals surface area contributed by atoms with Crippen LogP contribution in [0.15, 0.2) is 18.2 Å². The standard InChI is InChI=1S/C14H21ClN2/c1-14(2)5-7-17(8-6-14)13-4-3-12(15)9-11(13)10-16/h3-4,9H,5-8,10,16H2,1-2H3. The maximum Gasteiger partial charge on any atom is 0.0412 e. The van der Waals surface area contributed by atoms with Gasteiger partial charge in [0.2, 0.25) is 0 Å². The Morgan fingerprint density at radius 2 is 1.94 bits per heavy atom. The van der Waals surface area contributed by atoms with Crippen molar-refractivity contribution in [2.45, 2.75) is 33.2 Å². The summed E-state index contributed by atoms with van der Waals surface area (Å²) in [5, 5.41) is 0.770. The smallest absolute Gasteiger partial charge is 0.0412 e. The average molecular weight is 253 g/mol. The molecule has 2 N–H and O–H groups in total. The number of halogens is 1. The van der Waals surface area contributed by atoms with Crippen molar-refractivity contribution in [2.75, 3.05) is 18.0 Å². The molecule has 0 spiro atoms. The summed E-state index contributed by atoms with van der Waals surface area (Å²) < 4.78 is 0. The molecular weight excluding hydrogens is 232 g/mol. The van der Waals surface area contributed by atoms with Crippen molar-refractivity contribution in [3.05, 3.63) is 28.8 Å². The molecule has 0 bridgehead atoms. The van der Waals surface area contributed by atoms with Crippen LogP contribution in [0.5, 0.6) is 0 Å². The fourth-order valence-electron chi connectivity index (χ4n) is 2.38. The number of anilines is 1. The summed E-state index contributed by atoms with van der Waals surface area (Å²) in [6.45, 7) is 7.46. The molecule has 0 saturated carbocycles. The molecule has 94 valence electrons. The van der Waals surface area contributed by atoms with E-state index >= 15 is 0 Å². The predicted molar refractivity (Wildman–Crippen MR) is 74.6 cm³/mol. The molecule has 17 heavy (non-hydrogen) atoms. The molecule has 0 aromatic heterocycles. The first kappa shape index (κ1) is 12.7. The molecule has 1 fully saturated rings. The zero-order valence-corrected chi connectivity index (χ0v) is 11.4. The highest BCUT2D eigenvalue weighted by molar-refractivity contribution is 6.30. The van der Waals surface area contributed by atoms with Gasteiger partial charge in [0.05, 0.1) is 0 Å². The summed E-state index contributed by atoms with van der Waals surface area (Å²) in [6.07, 6.45) is 2.47. The van der Waals surface area contributed by atoms with Crippen LogP contribution in [0, 0.1) is 5.41 Å². The summed E-state index contributed by atoms with van der Waals surface area (Å²) in [7, 11) is 0. The highest BCUT2D eigenvalue weighted by Gasteiger charge is 2.26. The van der Waals surface area contributed by atoms with Gasteiger partial charge in [0.15, 0.2) is 0 Å². The highest BCUT2D eigenvalue weighted by atomic mass is 35.5. The largest absolute Gasteiger partial charge is 0.371 e. The first-order chi connectivity index (χ1) is 8.02. The van der Waals surface area contributed by atoms with Crippen LogP contribution in [0.2, 0.25) is 5.02 Å². The van der Waals surface area contributed by atoms with Gasteiger partial charge in [0.25, 0.3) is 0 Å². The van der Waals surface area contributed by atoms with Gasteiger partial charge in [-0.25, -0.2) is 0 Å². The first-order valence-electron chi connectivity index (χ1n) is 6.25. The van der Waals surface area contributed by atoms with Gasteiger partial charge >= 0.3 is 0 Å². The summed E-state index contributed by atoms with van der Waals surface area (Å²) >= 11 is 6.01. The first-order valence-corrected chi connectivity index (χ1v) is 6.63. The van der Waals surface area contributed by atoms with Crippen molar-refractivity contribution >= 4 is 17.3 Å². The van der Waals surface area contributed by atoms with Crippen molar-refractivity contribution < 1.29 is 0 Å². The van der Waals surface area contributed by atoms with Crippen LogP contribution in [0.1, 0.15) is 32.3 Å². The highest BCUT2D eigenvalue weighted by Crippen LogP contribution is 2.34. The molecule has 1 aliphatic heterocycles. The third-order valence-corrected chi connectivity index (χ3v) is 3.95. The Morgan fingerprint density at radius 1 is 1.29 bits per heavy atom. The molecule has 0 atom stereocenters. The normalized spacial score (nSPS) is 19.4. The van der Waals surface area contributed by atoms with E-state index in [-0.39, 0.29) is 0 Å². The summed E-state index contributed by atoms with van der Waals surface area (Å²) in [5.41, 5.74) is 8.68. The number of nitrogens with zero attached hydrogens (tertiary/aromatic N) is 1. The van der Waals surface area contributed by atoms with Crippen LogP contribution < -0.4 is 10.6 Å². The Labute approximate surface area is 109 Å². The molecule has 3 heteroatoms. The molecule has 1 heterocycles. The monoisotopic (exact) mass is 252 g/mol. The van der Waals surface area contributed by atoms with E-state index in [1.807, 2.05) is 12.1 Å². The van der Waals surface area contributed by atoms with Crippen LogP contribution in [-0.2, 0) is 6.54 Å². The van der Waals surface area contributed by atoms with E-state index in [0.29, 0.717) is 12.0 Å². The number of hydrogen-bond donors (Lipinski definition) is 1. The molecule has 0 amide bonds. The lowest BCUT2D eigenvalue weighted by molar-refractivity contribution is 0.279. The van der Waals surface area contributed by atoms with E-state index in [1.54, 1.807) is 0 Å². The molecule has 0 aliphatic carbocycles. The third-order valence-electron chi connectivity index (χ3n) is 3.72. The van der Waals surface area contributed by atoms with Gasteiger partial charge in [-0.1, -0.05) is 25.4 Å². The van der Waals surface area contributed by atoms with Gasteiger partial charge in [0.1, 0.15) is 0 Å². The SMILES string of the molecule is CC1(C)CCN(c2ccc(Cl)cc2CN)CC1. The van der Waals surface area contributed by atoms with Gasteiger partial charge in [-0.05, 0) is 42.0 Å². The zero-order valence-electron chi connectivity index (χ0n) is 10.7. The Hall–Kier alpha value is -0.730. The van der Waals surface area contributed by atoms with Crippen LogP contribution >= 0.6 is 11.6 Å². The number of hydrogen-bond acceptors (Lipinski definition) is 2. The lowest BCUT2D eigenvalue weighted by Gasteiger charge is -2.39. The van der Waals surface area contributed by atoms with Gasteiger partial charge in [-0.15, -0.1) is 0 Å². The van der Waals surface area contributed by atoms with Crippen molar-refractivity contribution in [3.8, 4) is 0 Å². The van der Waals surface area contributed by atoms with E-state index < -0.39 is 0 Å². The molecule has 2 rings (SSSR count). The number of rotatable bonds is 2. The van der Waals surface area contributed by atoms with Crippen molar-refractivity contribution in [2.24, 2.45) is 11.1 Å². The topological polar surface area (TPSA) is 29.3 Å². The minimum Gasteiger partial charge on any atom is -0.371 e. The Morgan fingerprint density at radius 3 is 2.53 bits per heavy atom. The van der Waals surface area contributed by atoms with E-state index in [9.17, 15) is 0 Å². The molecule has 1 aromatic rings. The van der Waals surface area contributed by atoms with E-state index in [0.717, 1.165) is 23.7 Å². The average Bonchev–Trinajstić information content (AvgIpc) is 2.29. The minimum absolute atomic E-state index is 0.478. The molecule has 0 radical (unpaired) electrons. The van der Waals surface area contributed by atoms with Crippen molar-refractivity contribution in [1.82, 2.24) is 0 Å². The molecular formula is C14H21ClN2. The fourth-order valence-corrected chi connectivity index (χ4v) is 2.57. The quantitative estimate of drug-likeness (QED) is 0.874. The summed E-state index contributed by atoms with van der Waals surface area (Å²) in [6, 6.07) is 6.04. The van der Waals surface area contributed by atoms with E-state index in [4.69, 9.17) is 17.3 Å². The Kier molecular flexibility index (Phi) is 3.64. The Balaban J connectivity index is 2.18. The number of benzene rings is 1. The molecule has 1 aromatic carbocycles. The van der Waals surface area contributed by atoms with E-state index in [2.05, 4.69) is 24.8 Å². The van der Waals surface area contributed by atoms with Gasteiger partial charge in [-0.2, -0.15) is 0 Å². The third kappa shape index (κ3) is 2.93. The number of nitrogens with two attached hydrogens (primary N) is 1. The summed E-state index contributed by atoms with van der Waals surface area (Å²) in [4.78, 5) is 2.43. The van der Waals surface area contributed by atoms with Gasteiger partial charge < -0.3 is 10.6 Å². The second-order valence-electron chi connectivity index (χ2n) is 5.63. The lowest BCUT2D eigenvalue weighted by Crippen LogP contribution is -2.37. The Bertz CT molecular complexity index is 391. The lowest BCUT2D eigenvalue weighted by atomic mass is 9.82. The van der Waals surface area contributed by atoms with Crippen LogP contribution in [0.4, 0.5) is 5.69 Å². The molecule has 1 aliphatic rings. The number of piperidine rings is 1. The van der Waals surface area contributed by atoms with Crippen LogP contribution in [-0.4, -0.2) is 13.1 Å². The van der Waals surface area contributed by atoms with Gasteiger partial charge in [0, 0.05) is 30.3 Å². The molecule has 2 nitrogen and oxygen atoms in total. The molecule has 1 saturated heterocycles. The maximum absolute atomic E-state index is 6.01. The van der Waals surface area contributed by atoms with E-state index in [1.165, 1.54) is 18.5 Å². The maximum atomic E-state index is 6.01. The fraction of sp³-hybridized carbons (Fsp3) is 0.571. The predicted octanol–water partition coefficient (Wildman–Crippen LogP) is 3.43.